The van der Waals surface area contributed by atoms with Crippen molar-refractivity contribution < 1.29 is 19.3 Å². The summed E-state index contributed by atoms with van der Waals surface area (Å²) in [7, 11) is 0. The molecule has 1 saturated heterocycles. The number of hydrogen-bond acceptors (Lipinski definition) is 4. The average Bonchev–Trinajstić information content (AvgIpc) is 3.13. The molecule has 1 aliphatic rings. The van der Waals surface area contributed by atoms with Gasteiger partial charge in [0.15, 0.2) is 6.29 Å². The minimum Gasteiger partial charge on any atom is -0.488 e. The van der Waals surface area contributed by atoms with Gasteiger partial charge in [0.2, 0.25) is 0 Å². The van der Waals surface area contributed by atoms with Crippen LogP contribution in [0.4, 0.5) is 0 Å². The molecule has 5 heteroatoms. The van der Waals surface area contributed by atoms with Crippen LogP contribution in [0.5, 0.6) is 11.5 Å². The van der Waals surface area contributed by atoms with Crippen LogP contribution in [0.25, 0.3) is 0 Å². The number of rotatable bonds is 8. The average molecular weight is 377 g/mol. The van der Waals surface area contributed by atoms with E-state index in [-0.39, 0.29) is 6.10 Å². The number of hydrogen-bond donors (Lipinski definition) is 1. The maximum Gasteiger partial charge on any atom is 0.197 e. The van der Waals surface area contributed by atoms with Gasteiger partial charge in [-0.05, 0) is 47.9 Å². The van der Waals surface area contributed by atoms with Crippen molar-refractivity contribution in [3.63, 3.8) is 0 Å². The molecule has 0 radical (unpaired) electrons. The lowest BCUT2D eigenvalue weighted by Crippen LogP contribution is -2.15. The van der Waals surface area contributed by atoms with Gasteiger partial charge in [-0.15, -0.1) is 0 Å². The zero-order valence-electron chi connectivity index (χ0n) is 15.0. The Morgan fingerprint density at radius 2 is 1.96 bits per heavy atom. The van der Waals surface area contributed by atoms with Gasteiger partial charge in [-0.25, -0.2) is 0 Å². The van der Waals surface area contributed by atoms with Crippen LogP contribution in [-0.2, 0) is 11.2 Å². The maximum atomic E-state index is 9.82. The van der Waals surface area contributed by atoms with E-state index in [1.807, 2.05) is 43.3 Å². The van der Waals surface area contributed by atoms with Crippen LogP contribution >= 0.6 is 11.6 Å². The Morgan fingerprint density at radius 3 is 2.65 bits per heavy atom. The first-order valence-electron chi connectivity index (χ1n) is 9.10. The molecule has 4 nitrogen and oxygen atoms in total. The van der Waals surface area contributed by atoms with Crippen LogP contribution in [0.1, 0.15) is 37.3 Å². The van der Waals surface area contributed by atoms with Gasteiger partial charge in [-0.1, -0.05) is 37.1 Å². The van der Waals surface area contributed by atoms with E-state index in [0.717, 1.165) is 36.3 Å². The monoisotopic (exact) mass is 376 g/mol. The lowest BCUT2D eigenvalue weighted by atomic mass is 10.0. The Labute approximate surface area is 159 Å². The van der Waals surface area contributed by atoms with Crippen molar-refractivity contribution in [3.8, 4) is 11.5 Å². The third-order valence-corrected chi connectivity index (χ3v) is 4.70. The summed E-state index contributed by atoms with van der Waals surface area (Å²) in [5.41, 5.74) is 2.10. The van der Waals surface area contributed by atoms with Crippen LogP contribution in [0.3, 0.4) is 0 Å². The summed E-state index contributed by atoms with van der Waals surface area (Å²) in [4.78, 5) is 0. The van der Waals surface area contributed by atoms with Crippen LogP contribution < -0.4 is 9.47 Å². The van der Waals surface area contributed by atoms with E-state index in [0.29, 0.717) is 30.2 Å². The molecule has 2 unspecified atom stereocenters. The fourth-order valence-electron chi connectivity index (χ4n) is 2.93. The molecule has 0 saturated carbocycles. The van der Waals surface area contributed by atoms with Gasteiger partial charge in [0.25, 0.3) is 0 Å². The van der Waals surface area contributed by atoms with Crippen molar-refractivity contribution in [2.24, 2.45) is 0 Å². The van der Waals surface area contributed by atoms with E-state index in [9.17, 15) is 5.11 Å². The van der Waals surface area contributed by atoms with Crippen LogP contribution in [0, 0.1) is 0 Å². The Bertz CT molecular complexity index is 696. The molecule has 3 rings (SSSR count). The first kappa shape index (κ1) is 19.0. The normalized spacial score (nSPS) is 17.9. The zero-order chi connectivity index (χ0) is 18.4. The Kier molecular flexibility index (Phi) is 6.78. The van der Waals surface area contributed by atoms with E-state index in [1.54, 1.807) is 6.07 Å². The van der Waals surface area contributed by atoms with Gasteiger partial charge in [0.05, 0.1) is 13.2 Å². The molecule has 140 valence electrons. The smallest absolute Gasteiger partial charge is 0.197 e. The summed E-state index contributed by atoms with van der Waals surface area (Å²) in [6.45, 7) is 3.44. The molecule has 2 aromatic carbocycles. The van der Waals surface area contributed by atoms with Crippen molar-refractivity contribution in [2.45, 2.75) is 45.0 Å². The summed E-state index contributed by atoms with van der Waals surface area (Å²) in [5, 5.41) is 10.5. The predicted octanol–water partition coefficient (Wildman–Crippen LogP) is 4.60. The van der Waals surface area contributed by atoms with Crippen molar-refractivity contribution in [1.29, 1.82) is 0 Å². The highest BCUT2D eigenvalue weighted by molar-refractivity contribution is 6.31. The van der Waals surface area contributed by atoms with Crippen molar-refractivity contribution >= 4 is 11.6 Å². The van der Waals surface area contributed by atoms with Gasteiger partial charge in [0, 0.05) is 17.9 Å². The summed E-state index contributed by atoms with van der Waals surface area (Å²) in [6, 6.07) is 13.5. The Morgan fingerprint density at radius 1 is 1.19 bits per heavy atom. The second-order valence-corrected chi connectivity index (χ2v) is 6.95. The van der Waals surface area contributed by atoms with Crippen LogP contribution in [0.15, 0.2) is 42.5 Å². The van der Waals surface area contributed by atoms with E-state index >= 15 is 0 Å². The number of benzene rings is 2. The van der Waals surface area contributed by atoms with Gasteiger partial charge in [-0.2, -0.15) is 0 Å². The molecule has 1 N–H and O–H groups in total. The first-order valence-corrected chi connectivity index (χ1v) is 9.48. The van der Waals surface area contributed by atoms with E-state index < -0.39 is 6.29 Å². The molecule has 1 heterocycles. The summed E-state index contributed by atoms with van der Waals surface area (Å²) < 4.78 is 16.8. The highest BCUT2D eigenvalue weighted by Gasteiger charge is 2.17. The highest BCUT2D eigenvalue weighted by atomic mass is 35.5. The molecule has 0 amide bonds. The van der Waals surface area contributed by atoms with Gasteiger partial charge < -0.3 is 19.3 Å². The third kappa shape index (κ3) is 5.37. The van der Waals surface area contributed by atoms with Gasteiger partial charge in [0.1, 0.15) is 17.6 Å². The zero-order valence-corrected chi connectivity index (χ0v) is 15.7. The van der Waals surface area contributed by atoms with Gasteiger partial charge in [-0.3, -0.25) is 0 Å². The first-order chi connectivity index (χ1) is 12.6. The van der Waals surface area contributed by atoms with Crippen molar-refractivity contribution in [2.75, 3.05) is 13.2 Å². The van der Waals surface area contributed by atoms with E-state index in [1.165, 1.54) is 0 Å². The molecule has 1 fully saturated rings. The standard InChI is InChI=1S/C21H25ClO4/c1-2-3-21(23)26-18-8-9-20(22)16(13-18)12-15-4-6-17(7-5-15)25-19-10-11-24-14-19/h4-9,13,19,21,23H,2-3,10-12,14H2,1H3. The topological polar surface area (TPSA) is 47.9 Å². The minimum atomic E-state index is -0.787. The Hall–Kier alpha value is -1.75. The second kappa shape index (κ2) is 9.26. The molecule has 0 aromatic heterocycles. The molecule has 2 aromatic rings. The largest absolute Gasteiger partial charge is 0.488 e. The molecule has 26 heavy (non-hydrogen) atoms. The molecule has 0 bridgehead atoms. The SMILES string of the molecule is CCCC(O)Oc1ccc(Cl)c(Cc2ccc(OC3CCOC3)cc2)c1. The summed E-state index contributed by atoms with van der Waals surface area (Å²) >= 11 is 6.33. The lowest BCUT2D eigenvalue weighted by Gasteiger charge is -2.15. The number of ether oxygens (including phenoxy) is 3. The predicted molar refractivity (Wildman–Crippen MR) is 102 cm³/mol. The number of halogens is 1. The number of aliphatic hydroxyl groups is 1. The molecular formula is C21H25ClO4. The molecule has 0 aliphatic carbocycles. The fourth-order valence-corrected chi connectivity index (χ4v) is 3.11. The van der Waals surface area contributed by atoms with Crippen LogP contribution in [-0.4, -0.2) is 30.7 Å². The number of aliphatic hydroxyl groups excluding tert-OH is 1. The molecule has 1 aliphatic heterocycles. The highest BCUT2D eigenvalue weighted by Crippen LogP contribution is 2.26. The quantitative estimate of drug-likeness (QED) is 0.684. The second-order valence-electron chi connectivity index (χ2n) is 6.54. The van der Waals surface area contributed by atoms with Crippen LogP contribution in [0.2, 0.25) is 5.02 Å². The summed E-state index contributed by atoms with van der Waals surface area (Å²) in [6.07, 6.45) is 2.46. The van der Waals surface area contributed by atoms with E-state index in [4.69, 9.17) is 25.8 Å². The van der Waals surface area contributed by atoms with E-state index in [2.05, 4.69) is 0 Å². The maximum absolute atomic E-state index is 9.82. The third-order valence-electron chi connectivity index (χ3n) is 4.33. The minimum absolute atomic E-state index is 0.152. The lowest BCUT2D eigenvalue weighted by molar-refractivity contribution is -0.0233. The fraction of sp³-hybridized carbons (Fsp3) is 0.429. The Balaban J connectivity index is 1.63. The van der Waals surface area contributed by atoms with Crippen molar-refractivity contribution in [3.05, 3.63) is 58.6 Å². The summed E-state index contributed by atoms with van der Waals surface area (Å²) in [5.74, 6) is 1.49. The van der Waals surface area contributed by atoms with Crippen molar-refractivity contribution in [1.82, 2.24) is 0 Å². The molecular weight excluding hydrogens is 352 g/mol. The van der Waals surface area contributed by atoms with Gasteiger partial charge >= 0.3 is 0 Å². The molecule has 0 spiro atoms. The molecule has 2 atom stereocenters.